The van der Waals surface area contributed by atoms with Crippen molar-refractivity contribution in [1.29, 1.82) is 0 Å². The number of rotatable bonds is 4. The molecule has 4 rings (SSSR count). The number of piperidine rings is 1. The summed E-state index contributed by atoms with van der Waals surface area (Å²) in [6, 6.07) is 0.412. The van der Waals surface area contributed by atoms with Crippen molar-refractivity contribution in [1.82, 2.24) is 21.4 Å². The Kier molecular flexibility index (Phi) is 5.84. The van der Waals surface area contributed by atoms with Gasteiger partial charge in [-0.1, -0.05) is 13.8 Å². The highest BCUT2D eigenvalue weighted by Crippen LogP contribution is 2.45. The van der Waals surface area contributed by atoms with Crippen molar-refractivity contribution in [2.75, 3.05) is 6.54 Å². The van der Waals surface area contributed by atoms with Crippen LogP contribution in [-0.2, 0) is 9.63 Å². The summed E-state index contributed by atoms with van der Waals surface area (Å²) in [6.07, 6.45) is 9.68. The largest absolute Gasteiger partial charge is 0.352 e. The van der Waals surface area contributed by atoms with Gasteiger partial charge in [-0.2, -0.15) is 5.48 Å². The van der Waals surface area contributed by atoms with E-state index < -0.39 is 0 Å². The van der Waals surface area contributed by atoms with Gasteiger partial charge in [-0.3, -0.25) is 14.9 Å². The van der Waals surface area contributed by atoms with E-state index in [2.05, 4.69) is 35.3 Å². The highest BCUT2D eigenvalue weighted by atomic mass is 16.7. The van der Waals surface area contributed by atoms with E-state index in [0.717, 1.165) is 38.1 Å². The molecule has 8 atom stereocenters. The normalized spacial score (nSPS) is 46.1. The molecular formula is C20H36N4O2. The zero-order valence-corrected chi connectivity index (χ0v) is 16.3. The Labute approximate surface area is 157 Å². The van der Waals surface area contributed by atoms with Crippen molar-refractivity contribution in [3.05, 3.63) is 0 Å². The highest BCUT2D eigenvalue weighted by Gasteiger charge is 2.44. The molecule has 0 radical (unpaired) electrons. The minimum atomic E-state index is 0.0246. The lowest BCUT2D eigenvalue weighted by Gasteiger charge is -2.37. The van der Waals surface area contributed by atoms with Gasteiger partial charge >= 0.3 is 0 Å². The minimum Gasteiger partial charge on any atom is -0.352 e. The number of nitrogens with one attached hydrogen (secondary N) is 4. The predicted molar refractivity (Wildman–Crippen MR) is 101 cm³/mol. The Hall–Kier alpha value is -0.690. The molecule has 2 aliphatic heterocycles. The molecule has 1 amide bonds. The fraction of sp³-hybridized carbons (Fsp3) is 0.950. The van der Waals surface area contributed by atoms with Crippen LogP contribution in [0.3, 0.4) is 0 Å². The number of fused-ring (bicyclic) bond motifs is 1. The van der Waals surface area contributed by atoms with Crippen LogP contribution in [0.2, 0.25) is 0 Å². The van der Waals surface area contributed by atoms with Gasteiger partial charge in [-0.25, -0.2) is 0 Å². The van der Waals surface area contributed by atoms with Crippen LogP contribution in [-0.4, -0.2) is 36.9 Å². The molecule has 2 aliphatic carbocycles. The molecule has 4 aliphatic rings. The van der Waals surface area contributed by atoms with Crippen molar-refractivity contribution >= 4 is 5.91 Å². The summed E-state index contributed by atoms with van der Waals surface area (Å²) in [4.78, 5) is 18.3. The molecule has 0 bridgehead atoms. The van der Waals surface area contributed by atoms with Crippen LogP contribution < -0.4 is 21.4 Å². The second-order valence-electron chi connectivity index (χ2n) is 9.11. The predicted octanol–water partition coefficient (Wildman–Crippen LogP) is 1.87. The number of carbonyl (C=O) groups is 1. The van der Waals surface area contributed by atoms with Gasteiger partial charge in [0.1, 0.15) is 6.23 Å². The summed E-state index contributed by atoms with van der Waals surface area (Å²) in [6.45, 7) is 5.37. The molecule has 2 saturated carbocycles. The van der Waals surface area contributed by atoms with Gasteiger partial charge in [-0.15, -0.1) is 0 Å². The SMILES string of the molecule is CCC1NC(C2CCC3C(CC[C@H]3NC(=O)C3CCC(C)CN3)C2)NO1. The van der Waals surface area contributed by atoms with Crippen LogP contribution in [0.5, 0.6) is 0 Å². The number of carbonyl (C=O) groups excluding carboxylic acids is 1. The van der Waals surface area contributed by atoms with E-state index in [-0.39, 0.29) is 18.2 Å². The van der Waals surface area contributed by atoms with Crippen LogP contribution >= 0.6 is 0 Å². The number of hydrogen-bond acceptors (Lipinski definition) is 5. The van der Waals surface area contributed by atoms with Crippen LogP contribution in [0.4, 0.5) is 0 Å². The zero-order valence-electron chi connectivity index (χ0n) is 16.3. The van der Waals surface area contributed by atoms with Crippen molar-refractivity contribution in [3.8, 4) is 0 Å². The first-order valence-electron chi connectivity index (χ1n) is 10.8. The van der Waals surface area contributed by atoms with Crippen molar-refractivity contribution in [2.24, 2.45) is 23.7 Å². The Balaban J connectivity index is 1.27. The summed E-state index contributed by atoms with van der Waals surface area (Å²) >= 11 is 0. The van der Waals surface area contributed by atoms with Crippen LogP contribution in [0.1, 0.15) is 65.2 Å². The van der Waals surface area contributed by atoms with Gasteiger partial charge in [0.2, 0.25) is 5.91 Å². The van der Waals surface area contributed by atoms with Crippen molar-refractivity contribution in [2.45, 2.75) is 89.7 Å². The maximum absolute atomic E-state index is 12.7. The van der Waals surface area contributed by atoms with Gasteiger partial charge in [0.25, 0.3) is 0 Å². The molecule has 148 valence electrons. The van der Waals surface area contributed by atoms with E-state index in [1.54, 1.807) is 0 Å². The fourth-order valence-electron chi connectivity index (χ4n) is 5.64. The fourth-order valence-corrected chi connectivity index (χ4v) is 5.64. The monoisotopic (exact) mass is 364 g/mol. The summed E-state index contributed by atoms with van der Waals surface area (Å²) in [5, 5.41) is 10.4. The van der Waals surface area contributed by atoms with Gasteiger partial charge in [0.05, 0.1) is 12.2 Å². The zero-order chi connectivity index (χ0) is 18.1. The van der Waals surface area contributed by atoms with Gasteiger partial charge < -0.3 is 10.6 Å². The van der Waals surface area contributed by atoms with Gasteiger partial charge in [-0.05, 0) is 81.6 Å². The third kappa shape index (κ3) is 3.93. The lowest BCUT2D eigenvalue weighted by atomic mass is 9.73. The van der Waals surface area contributed by atoms with E-state index in [0.29, 0.717) is 30.0 Å². The molecule has 6 heteroatoms. The lowest BCUT2D eigenvalue weighted by Crippen LogP contribution is -2.52. The van der Waals surface area contributed by atoms with E-state index in [1.807, 2.05) is 0 Å². The first-order valence-corrected chi connectivity index (χ1v) is 10.8. The second-order valence-corrected chi connectivity index (χ2v) is 9.11. The Morgan fingerprint density at radius 3 is 2.69 bits per heavy atom. The summed E-state index contributed by atoms with van der Waals surface area (Å²) < 4.78 is 0. The molecule has 4 fully saturated rings. The standard InChI is InChI=1S/C20H36N4O2/c1-3-18-23-19(24-26-18)14-5-7-15-13(10-14)6-9-16(15)22-20(25)17-8-4-12(2)11-21-17/h12-19,21,23-24H,3-11H2,1-2H3,(H,22,25)/t12?,13?,14?,15?,16-,17?,18?,19?/m1/s1. The van der Waals surface area contributed by atoms with E-state index >= 15 is 0 Å². The molecule has 0 aromatic rings. The molecule has 2 saturated heterocycles. The van der Waals surface area contributed by atoms with Crippen LogP contribution in [0.15, 0.2) is 0 Å². The quantitative estimate of drug-likeness (QED) is 0.613. The summed E-state index contributed by atoms with van der Waals surface area (Å²) in [7, 11) is 0. The third-order valence-corrected chi connectivity index (χ3v) is 7.30. The van der Waals surface area contributed by atoms with Gasteiger partial charge in [0, 0.05) is 6.04 Å². The lowest BCUT2D eigenvalue weighted by molar-refractivity contribution is -0.125. The minimum absolute atomic E-state index is 0.0246. The van der Waals surface area contributed by atoms with E-state index in [4.69, 9.17) is 4.84 Å². The third-order valence-electron chi connectivity index (χ3n) is 7.30. The highest BCUT2D eigenvalue weighted by molar-refractivity contribution is 5.82. The van der Waals surface area contributed by atoms with Crippen LogP contribution in [0.25, 0.3) is 0 Å². The van der Waals surface area contributed by atoms with Gasteiger partial charge in [0.15, 0.2) is 0 Å². The Morgan fingerprint density at radius 1 is 1.12 bits per heavy atom. The Morgan fingerprint density at radius 2 is 1.96 bits per heavy atom. The smallest absolute Gasteiger partial charge is 0.237 e. The number of hydrogen-bond donors (Lipinski definition) is 4. The average Bonchev–Trinajstić information content (AvgIpc) is 3.29. The summed E-state index contributed by atoms with van der Waals surface area (Å²) in [5.74, 6) is 3.00. The molecule has 26 heavy (non-hydrogen) atoms. The van der Waals surface area contributed by atoms with Crippen molar-refractivity contribution < 1.29 is 9.63 Å². The first kappa shape index (κ1) is 18.7. The Bertz CT molecular complexity index is 494. The second kappa shape index (κ2) is 8.13. The molecule has 0 spiro atoms. The maximum atomic E-state index is 12.7. The van der Waals surface area contributed by atoms with Crippen LogP contribution in [0, 0.1) is 23.7 Å². The molecule has 2 heterocycles. The first-order chi connectivity index (χ1) is 12.6. The van der Waals surface area contributed by atoms with E-state index in [9.17, 15) is 4.79 Å². The molecule has 7 unspecified atom stereocenters. The molecular weight excluding hydrogens is 328 g/mol. The average molecular weight is 365 g/mol. The topological polar surface area (TPSA) is 74.4 Å². The molecule has 6 nitrogen and oxygen atoms in total. The molecule has 0 aromatic heterocycles. The van der Waals surface area contributed by atoms with Crippen molar-refractivity contribution in [3.63, 3.8) is 0 Å². The summed E-state index contributed by atoms with van der Waals surface area (Å²) in [5.41, 5.74) is 3.21. The number of hydroxylamine groups is 1. The maximum Gasteiger partial charge on any atom is 0.237 e. The number of amides is 1. The molecule has 0 aromatic carbocycles. The molecule has 4 N–H and O–H groups in total. The van der Waals surface area contributed by atoms with E-state index in [1.165, 1.54) is 25.7 Å².